The Kier molecular flexibility index (Phi) is 5.27. The molecule has 0 fully saturated rings. The van der Waals surface area contributed by atoms with Crippen LogP contribution in [0.1, 0.15) is 25.3 Å². The summed E-state index contributed by atoms with van der Waals surface area (Å²) >= 11 is 0. The van der Waals surface area contributed by atoms with Crippen molar-refractivity contribution in [1.29, 1.82) is 0 Å². The van der Waals surface area contributed by atoms with Crippen LogP contribution < -0.4 is 4.74 Å². The summed E-state index contributed by atoms with van der Waals surface area (Å²) in [5.41, 5.74) is 5.68. The minimum Gasteiger partial charge on any atom is -0.494 e. The van der Waals surface area contributed by atoms with Crippen molar-refractivity contribution < 1.29 is 4.74 Å². The van der Waals surface area contributed by atoms with E-state index in [1.807, 2.05) is 18.3 Å². The Bertz CT molecular complexity index is 759. The molecule has 2 heteroatoms. The zero-order chi connectivity index (χ0) is 16.8. The molecule has 0 amide bonds. The SMILES string of the molecule is CCCCOc1ccc(-c2ccc(-c3ccc(C)cc3)cn2)cc1. The average molecular weight is 317 g/mol. The lowest BCUT2D eigenvalue weighted by atomic mass is 10.0. The van der Waals surface area contributed by atoms with Gasteiger partial charge in [0.2, 0.25) is 0 Å². The lowest BCUT2D eigenvalue weighted by Gasteiger charge is -2.07. The van der Waals surface area contributed by atoms with Gasteiger partial charge in [-0.1, -0.05) is 49.2 Å². The van der Waals surface area contributed by atoms with Gasteiger partial charge in [0.05, 0.1) is 12.3 Å². The number of rotatable bonds is 6. The molecule has 3 rings (SSSR count). The van der Waals surface area contributed by atoms with Crippen molar-refractivity contribution >= 4 is 0 Å². The van der Waals surface area contributed by atoms with E-state index in [4.69, 9.17) is 4.74 Å². The normalized spacial score (nSPS) is 10.6. The van der Waals surface area contributed by atoms with Gasteiger partial charge < -0.3 is 4.74 Å². The third-order valence-electron chi connectivity index (χ3n) is 4.07. The van der Waals surface area contributed by atoms with Crippen LogP contribution in [0, 0.1) is 6.92 Å². The molecule has 0 atom stereocenters. The Morgan fingerprint density at radius 2 is 1.46 bits per heavy atom. The molecular formula is C22H23NO. The Labute approximate surface area is 144 Å². The van der Waals surface area contributed by atoms with Crippen LogP contribution in [0.25, 0.3) is 22.4 Å². The van der Waals surface area contributed by atoms with Crippen molar-refractivity contribution in [3.63, 3.8) is 0 Å². The molecule has 1 heterocycles. The molecule has 0 spiro atoms. The van der Waals surface area contributed by atoms with E-state index in [9.17, 15) is 0 Å². The first-order valence-electron chi connectivity index (χ1n) is 8.52. The van der Waals surface area contributed by atoms with Crippen LogP contribution in [0.2, 0.25) is 0 Å². The fraction of sp³-hybridized carbons (Fsp3) is 0.227. The lowest BCUT2D eigenvalue weighted by molar-refractivity contribution is 0.309. The lowest BCUT2D eigenvalue weighted by Crippen LogP contribution is -1.96. The van der Waals surface area contributed by atoms with E-state index >= 15 is 0 Å². The van der Waals surface area contributed by atoms with E-state index < -0.39 is 0 Å². The molecule has 0 aliphatic carbocycles. The van der Waals surface area contributed by atoms with Crippen molar-refractivity contribution in [1.82, 2.24) is 4.98 Å². The van der Waals surface area contributed by atoms with Gasteiger partial charge in [-0.2, -0.15) is 0 Å². The summed E-state index contributed by atoms with van der Waals surface area (Å²) in [5.74, 6) is 0.920. The van der Waals surface area contributed by atoms with Crippen molar-refractivity contribution in [2.45, 2.75) is 26.7 Å². The summed E-state index contributed by atoms with van der Waals surface area (Å²) < 4.78 is 5.70. The number of pyridine rings is 1. The van der Waals surface area contributed by atoms with Gasteiger partial charge >= 0.3 is 0 Å². The predicted octanol–water partition coefficient (Wildman–Crippen LogP) is 5.90. The molecule has 0 radical (unpaired) electrons. The Hall–Kier alpha value is -2.61. The summed E-state index contributed by atoms with van der Waals surface area (Å²) in [6.07, 6.45) is 4.17. The maximum Gasteiger partial charge on any atom is 0.119 e. The van der Waals surface area contributed by atoms with Crippen LogP contribution in [0.3, 0.4) is 0 Å². The first-order chi connectivity index (χ1) is 11.8. The van der Waals surface area contributed by atoms with Gasteiger partial charge in [-0.05, 0) is 49.2 Å². The van der Waals surface area contributed by atoms with Crippen LogP contribution >= 0.6 is 0 Å². The van der Waals surface area contributed by atoms with Crippen molar-refractivity contribution in [3.8, 4) is 28.1 Å². The summed E-state index contributed by atoms with van der Waals surface area (Å²) in [5, 5.41) is 0. The number of nitrogens with zero attached hydrogens (tertiary/aromatic N) is 1. The van der Waals surface area contributed by atoms with E-state index in [0.717, 1.165) is 42.0 Å². The second kappa shape index (κ2) is 7.78. The molecule has 3 aromatic rings. The first kappa shape index (κ1) is 16.3. The van der Waals surface area contributed by atoms with Gasteiger partial charge in [0.25, 0.3) is 0 Å². The first-order valence-corrected chi connectivity index (χ1v) is 8.52. The number of aryl methyl sites for hydroxylation is 1. The van der Waals surface area contributed by atoms with Crippen molar-refractivity contribution in [3.05, 3.63) is 72.4 Å². The molecule has 0 aliphatic heterocycles. The molecule has 2 nitrogen and oxygen atoms in total. The number of unbranched alkanes of at least 4 members (excludes halogenated alkanes) is 1. The van der Waals surface area contributed by atoms with E-state index in [1.54, 1.807) is 0 Å². The Morgan fingerprint density at radius 1 is 0.792 bits per heavy atom. The van der Waals surface area contributed by atoms with Gasteiger partial charge in [0.1, 0.15) is 5.75 Å². The highest BCUT2D eigenvalue weighted by atomic mass is 16.5. The molecule has 0 aliphatic rings. The van der Waals surface area contributed by atoms with Gasteiger partial charge in [0.15, 0.2) is 0 Å². The summed E-state index contributed by atoms with van der Waals surface area (Å²) in [6, 6.07) is 20.9. The second-order valence-electron chi connectivity index (χ2n) is 6.02. The zero-order valence-electron chi connectivity index (χ0n) is 14.3. The second-order valence-corrected chi connectivity index (χ2v) is 6.02. The molecule has 0 unspecified atom stereocenters. The van der Waals surface area contributed by atoms with E-state index in [1.165, 1.54) is 11.1 Å². The molecule has 0 N–H and O–H groups in total. The molecule has 24 heavy (non-hydrogen) atoms. The van der Waals surface area contributed by atoms with Crippen LogP contribution in [-0.2, 0) is 0 Å². The number of hydrogen-bond donors (Lipinski definition) is 0. The molecule has 122 valence electrons. The number of benzene rings is 2. The highest BCUT2D eigenvalue weighted by Crippen LogP contribution is 2.24. The van der Waals surface area contributed by atoms with Gasteiger partial charge in [-0.3, -0.25) is 4.98 Å². The van der Waals surface area contributed by atoms with E-state index in [0.29, 0.717) is 0 Å². The van der Waals surface area contributed by atoms with Crippen LogP contribution in [-0.4, -0.2) is 11.6 Å². The maximum absolute atomic E-state index is 5.70. The standard InChI is InChI=1S/C22H23NO/c1-3-4-15-24-21-12-9-19(10-13-21)22-14-11-20(16-23-22)18-7-5-17(2)6-8-18/h5-14,16H,3-4,15H2,1-2H3. The number of hydrogen-bond acceptors (Lipinski definition) is 2. The number of aromatic nitrogens is 1. The molecule has 0 saturated carbocycles. The van der Waals surface area contributed by atoms with Crippen molar-refractivity contribution in [2.75, 3.05) is 6.61 Å². The quantitative estimate of drug-likeness (QED) is 0.528. The Morgan fingerprint density at radius 3 is 2.08 bits per heavy atom. The zero-order valence-corrected chi connectivity index (χ0v) is 14.3. The van der Waals surface area contributed by atoms with Crippen LogP contribution in [0.4, 0.5) is 0 Å². The van der Waals surface area contributed by atoms with E-state index in [-0.39, 0.29) is 0 Å². The maximum atomic E-state index is 5.70. The fourth-order valence-electron chi connectivity index (χ4n) is 2.54. The summed E-state index contributed by atoms with van der Waals surface area (Å²) in [7, 11) is 0. The monoisotopic (exact) mass is 317 g/mol. The highest BCUT2D eigenvalue weighted by molar-refractivity contribution is 5.67. The number of ether oxygens (including phenoxy) is 1. The molecule has 0 bridgehead atoms. The van der Waals surface area contributed by atoms with Crippen LogP contribution in [0.15, 0.2) is 66.9 Å². The molecule has 2 aromatic carbocycles. The molecule has 1 aromatic heterocycles. The van der Waals surface area contributed by atoms with Gasteiger partial charge in [0, 0.05) is 17.3 Å². The van der Waals surface area contributed by atoms with Crippen molar-refractivity contribution in [2.24, 2.45) is 0 Å². The van der Waals surface area contributed by atoms with Gasteiger partial charge in [-0.15, -0.1) is 0 Å². The molecule has 0 saturated heterocycles. The topological polar surface area (TPSA) is 22.1 Å². The van der Waals surface area contributed by atoms with Gasteiger partial charge in [-0.25, -0.2) is 0 Å². The summed E-state index contributed by atoms with van der Waals surface area (Å²) in [4.78, 5) is 4.61. The summed E-state index contributed by atoms with van der Waals surface area (Å²) in [6.45, 7) is 5.04. The minimum absolute atomic E-state index is 0.777. The third kappa shape index (κ3) is 4.02. The predicted molar refractivity (Wildman–Crippen MR) is 100 cm³/mol. The third-order valence-corrected chi connectivity index (χ3v) is 4.07. The highest BCUT2D eigenvalue weighted by Gasteiger charge is 2.02. The van der Waals surface area contributed by atoms with E-state index in [2.05, 4.69) is 67.4 Å². The fourth-order valence-corrected chi connectivity index (χ4v) is 2.54. The van der Waals surface area contributed by atoms with Crippen LogP contribution in [0.5, 0.6) is 5.75 Å². The smallest absolute Gasteiger partial charge is 0.119 e. The minimum atomic E-state index is 0.777. The molecular weight excluding hydrogens is 294 g/mol. The Balaban J connectivity index is 1.72. The largest absolute Gasteiger partial charge is 0.494 e. The average Bonchev–Trinajstić information content (AvgIpc) is 2.63.